The average Bonchev–Trinajstić information content (AvgIpc) is 2.96. The van der Waals surface area contributed by atoms with Crippen LogP contribution in [0.25, 0.3) is 22.2 Å². The van der Waals surface area contributed by atoms with E-state index in [4.69, 9.17) is 9.97 Å². The van der Waals surface area contributed by atoms with E-state index >= 15 is 0 Å². The number of carbonyl (C=O) groups is 1. The molecule has 4 aromatic rings. The maximum Gasteiger partial charge on any atom is 0.254 e. The SMILES string of the molecule is CCN1CCN(c2nc(-c3ccccc3)nc3c2CN(C(=O)c2ccc4ccccc4c2)CC3)CC1. The Bertz CT molecular complexity index is 1400. The lowest BCUT2D eigenvalue weighted by molar-refractivity contribution is 0.0733. The summed E-state index contributed by atoms with van der Waals surface area (Å²) >= 11 is 0. The minimum absolute atomic E-state index is 0.0697. The van der Waals surface area contributed by atoms with Gasteiger partial charge in [0.05, 0.1) is 12.2 Å². The highest BCUT2D eigenvalue weighted by molar-refractivity contribution is 5.98. The molecule has 36 heavy (non-hydrogen) atoms. The molecule has 0 bridgehead atoms. The van der Waals surface area contributed by atoms with E-state index in [1.54, 1.807) is 0 Å². The van der Waals surface area contributed by atoms with Gasteiger partial charge < -0.3 is 14.7 Å². The first-order valence-electron chi connectivity index (χ1n) is 12.9. The van der Waals surface area contributed by atoms with E-state index in [0.717, 1.165) is 83.9 Å². The van der Waals surface area contributed by atoms with Gasteiger partial charge in [0, 0.05) is 55.8 Å². The number of anilines is 1. The smallest absolute Gasteiger partial charge is 0.254 e. The molecule has 6 nitrogen and oxygen atoms in total. The highest BCUT2D eigenvalue weighted by Gasteiger charge is 2.29. The van der Waals surface area contributed by atoms with Gasteiger partial charge in [0.15, 0.2) is 5.82 Å². The molecular weight excluding hydrogens is 446 g/mol. The number of rotatable bonds is 4. The Kier molecular flexibility index (Phi) is 6.11. The van der Waals surface area contributed by atoms with Gasteiger partial charge in [0.2, 0.25) is 0 Å². The minimum Gasteiger partial charge on any atom is -0.354 e. The maximum atomic E-state index is 13.6. The zero-order chi connectivity index (χ0) is 24.5. The van der Waals surface area contributed by atoms with Gasteiger partial charge in [-0.3, -0.25) is 4.79 Å². The van der Waals surface area contributed by atoms with Crippen LogP contribution in [0, 0.1) is 0 Å². The molecule has 0 aliphatic carbocycles. The van der Waals surface area contributed by atoms with E-state index in [1.807, 2.05) is 53.4 Å². The highest BCUT2D eigenvalue weighted by atomic mass is 16.2. The van der Waals surface area contributed by atoms with Crippen LogP contribution < -0.4 is 4.90 Å². The first-order valence-corrected chi connectivity index (χ1v) is 12.9. The standard InChI is InChI=1S/C30H31N5O/c1-2-33-16-18-34(19-17-33)29-26-21-35(30(36)25-13-12-22-8-6-7-11-24(22)20-25)15-14-27(26)31-28(32-29)23-9-4-3-5-10-23/h3-13,20H,2,14-19,21H2,1H3. The number of aromatic nitrogens is 2. The predicted molar refractivity (Wildman–Crippen MR) is 144 cm³/mol. The normalized spacial score (nSPS) is 16.2. The van der Waals surface area contributed by atoms with E-state index in [9.17, 15) is 4.79 Å². The molecule has 3 aromatic carbocycles. The van der Waals surface area contributed by atoms with Gasteiger partial charge in [-0.25, -0.2) is 9.97 Å². The molecule has 1 saturated heterocycles. The van der Waals surface area contributed by atoms with Crippen LogP contribution in [0.2, 0.25) is 0 Å². The summed E-state index contributed by atoms with van der Waals surface area (Å²) < 4.78 is 0. The number of benzene rings is 3. The fraction of sp³-hybridized carbons (Fsp3) is 0.300. The molecule has 182 valence electrons. The van der Waals surface area contributed by atoms with Crippen LogP contribution in [-0.4, -0.2) is 64.9 Å². The molecule has 1 aromatic heterocycles. The van der Waals surface area contributed by atoms with Crippen molar-refractivity contribution in [2.45, 2.75) is 19.9 Å². The lowest BCUT2D eigenvalue weighted by Gasteiger charge is -2.38. The van der Waals surface area contributed by atoms with E-state index in [-0.39, 0.29) is 5.91 Å². The van der Waals surface area contributed by atoms with Gasteiger partial charge in [-0.2, -0.15) is 0 Å². The summed E-state index contributed by atoms with van der Waals surface area (Å²) in [6.07, 6.45) is 0.735. The van der Waals surface area contributed by atoms with Crippen LogP contribution in [0.15, 0.2) is 72.8 Å². The van der Waals surface area contributed by atoms with Gasteiger partial charge in [0.25, 0.3) is 5.91 Å². The number of fused-ring (bicyclic) bond motifs is 2. The monoisotopic (exact) mass is 477 g/mol. The van der Waals surface area contributed by atoms with Crippen molar-refractivity contribution in [1.82, 2.24) is 19.8 Å². The number of carbonyl (C=O) groups excluding carboxylic acids is 1. The quantitative estimate of drug-likeness (QED) is 0.429. The van der Waals surface area contributed by atoms with Crippen LogP contribution in [0.5, 0.6) is 0 Å². The molecule has 1 fully saturated rings. The number of amides is 1. The van der Waals surface area contributed by atoms with Crippen molar-refractivity contribution in [1.29, 1.82) is 0 Å². The summed E-state index contributed by atoms with van der Waals surface area (Å²) in [6, 6.07) is 24.4. The first kappa shape index (κ1) is 22.7. The Balaban J connectivity index is 1.34. The lowest BCUT2D eigenvalue weighted by Crippen LogP contribution is -2.47. The van der Waals surface area contributed by atoms with E-state index in [2.05, 4.69) is 41.0 Å². The van der Waals surface area contributed by atoms with Crippen molar-refractivity contribution < 1.29 is 4.79 Å². The molecule has 2 aliphatic rings. The molecule has 2 aliphatic heterocycles. The number of hydrogen-bond donors (Lipinski definition) is 0. The Morgan fingerprint density at radius 1 is 0.833 bits per heavy atom. The third-order valence-electron chi connectivity index (χ3n) is 7.47. The Labute approximate surface area is 212 Å². The lowest BCUT2D eigenvalue weighted by atomic mass is 10.0. The number of hydrogen-bond acceptors (Lipinski definition) is 5. The predicted octanol–water partition coefficient (Wildman–Crippen LogP) is 4.64. The summed E-state index contributed by atoms with van der Waals surface area (Å²) in [4.78, 5) is 30.5. The fourth-order valence-electron chi connectivity index (χ4n) is 5.33. The van der Waals surface area contributed by atoms with Gasteiger partial charge in [-0.05, 0) is 29.4 Å². The van der Waals surface area contributed by atoms with Gasteiger partial charge in [0.1, 0.15) is 5.82 Å². The molecule has 6 rings (SSSR count). The zero-order valence-corrected chi connectivity index (χ0v) is 20.7. The summed E-state index contributed by atoms with van der Waals surface area (Å²) in [5.41, 5.74) is 3.93. The van der Waals surface area contributed by atoms with Crippen molar-refractivity contribution in [3.63, 3.8) is 0 Å². The minimum atomic E-state index is 0.0697. The van der Waals surface area contributed by atoms with Crippen molar-refractivity contribution in [2.75, 3.05) is 44.2 Å². The van der Waals surface area contributed by atoms with Crippen molar-refractivity contribution in [2.24, 2.45) is 0 Å². The summed E-state index contributed by atoms with van der Waals surface area (Å²) in [5, 5.41) is 2.24. The molecule has 0 N–H and O–H groups in total. The average molecular weight is 478 g/mol. The van der Waals surface area contributed by atoms with E-state index < -0.39 is 0 Å². The Hall–Kier alpha value is -3.77. The van der Waals surface area contributed by atoms with Gasteiger partial charge in [-0.15, -0.1) is 0 Å². The molecule has 6 heteroatoms. The van der Waals surface area contributed by atoms with E-state index in [0.29, 0.717) is 13.1 Å². The second-order valence-corrected chi connectivity index (χ2v) is 9.62. The Morgan fingerprint density at radius 3 is 2.36 bits per heavy atom. The third kappa shape index (κ3) is 4.33. The molecule has 0 unspecified atom stereocenters. The second-order valence-electron chi connectivity index (χ2n) is 9.62. The van der Waals surface area contributed by atoms with Crippen LogP contribution in [0.1, 0.15) is 28.5 Å². The molecule has 0 saturated carbocycles. The Morgan fingerprint density at radius 2 is 1.58 bits per heavy atom. The highest BCUT2D eigenvalue weighted by Crippen LogP contribution is 2.31. The van der Waals surface area contributed by atoms with Gasteiger partial charge >= 0.3 is 0 Å². The molecule has 0 spiro atoms. The van der Waals surface area contributed by atoms with Crippen molar-refractivity contribution in [3.8, 4) is 11.4 Å². The maximum absolute atomic E-state index is 13.6. The molecular formula is C30H31N5O. The van der Waals surface area contributed by atoms with Crippen LogP contribution in [-0.2, 0) is 13.0 Å². The number of likely N-dealkylation sites (N-methyl/N-ethyl adjacent to an activating group) is 1. The number of nitrogens with zero attached hydrogens (tertiary/aromatic N) is 5. The second kappa shape index (κ2) is 9.70. The topological polar surface area (TPSA) is 52.6 Å². The summed E-state index contributed by atoms with van der Waals surface area (Å²) in [5.74, 6) is 1.84. The van der Waals surface area contributed by atoms with Crippen LogP contribution >= 0.6 is 0 Å². The van der Waals surface area contributed by atoms with E-state index in [1.165, 1.54) is 0 Å². The molecule has 0 atom stereocenters. The largest absolute Gasteiger partial charge is 0.354 e. The zero-order valence-electron chi connectivity index (χ0n) is 20.7. The summed E-state index contributed by atoms with van der Waals surface area (Å²) in [7, 11) is 0. The molecule has 1 amide bonds. The third-order valence-corrected chi connectivity index (χ3v) is 7.47. The fourth-order valence-corrected chi connectivity index (χ4v) is 5.33. The van der Waals surface area contributed by atoms with Crippen LogP contribution in [0.3, 0.4) is 0 Å². The molecule has 0 radical (unpaired) electrons. The summed E-state index contributed by atoms with van der Waals surface area (Å²) in [6.45, 7) is 8.40. The van der Waals surface area contributed by atoms with Crippen molar-refractivity contribution >= 4 is 22.5 Å². The van der Waals surface area contributed by atoms with Gasteiger partial charge in [-0.1, -0.05) is 67.6 Å². The van der Waals surface area contributed by atoms with Crippen molar-refractivity contribution in [3.05, 3.63) is 89.6 Å². The molecule has 3 heterocycles. The first-order chi connectivity index (χ1) is 17.7. The number of piperazine rings is 1. The van der Waals surface area contributed by atoms with Crippen LogP contribution in [0.4, 0.5) is 5.82 Å².